The molecule has 10 nitrogen and oxygen atoms in total. The molecule has 2 heterocycles. The van der Waals surface area contributed by atoms with Crippen LogP contribution in [0, 0.1) is 20.8 Å². The lowest BCUT2D eigenvalue weighted by Crippen LogP contribution is -2.31. The smallest absolute Gasteiger partial charge is 0.297 e. The average molecular weight is 724 g/mol. The standard InChI is InChI=1S/C18H21NO5S2.C7H7ClO2S.C4H9NO.ClH/c1-14-3-7-17(8-4-14)25(20,21)19-12-11-16(13-19)24-26(22,23)18-9-5-15(2)6-10-18;1-6-2-4-7(5-3-6)11(8,9)10;6-4-1-2-5-3-4;/h3-10,16H,11-13H2,1-2H3;2-5H,1H3;4-6H,1-3H2;1H/t16-;;4-;/m0.0./s1/i11D2,12D2,13D2,16D;;1D2,2D2,3D2,4D;. The number of benzene rings is 3. The summed E-state index contributed by atoms with van der Waals surface area (Å²) < 4.78 is 185. The lowest BCUT2D eigenvalue weighted by atomic mass is 10.2. The van der Waals surface area contributed by atoms with E-state index in [-0.39, 0.29) is 17.3 Å². The Bertz CT molecular complexity index is 2280. The van der Waals surface area contributed by atoms with Crippen LogP contribution in [0.3, 0.4) is 0 Å². The van der Waals surface area contributed by atoms with E-state index in [2.05, 4.69) is 0 Å². The predicted molar refractivity (Wildman–Crippen MR) is 173 cm³/mol. The summed E-state index contributed by atoms with van der Waals surface area (Å²) in [6, 6.07) is 16.2. The lowest BCUT2D eigenvalue weighted by molar-refractivity contribution is 0.196. The van der Waals surface area contributed by atoms with Crippen LogP contribution in [0.15, 0.2) is 87.5 Å². The Labute approximate surface area is 291 Å². The van der Waals surface area contributed by atoms with Gasteiger partial charge in [-0.1, -0.05) is 53.1 Å². The van der Waals surface area contributed by atoms with Gasteiger partial charge in [-0.2, -0.15) is 12.7 Å². The molecule has 2 fully saturated rings. The third-order valence-electron chi connectivity index (χ3n) is 5.26. The minimum absolute atomic E-state index is 0. The van der Waals surface area contributed by atoms with E-state index < -0.39 is 94.2 Å². The molecule has 0 aliphatic carbocycles. The van der Waals surface area contributed by atoms with Crippen LogP contribution in [0.5, 0.6) is 0 Å². The molecule has 0 spiro atoms. The molecule has 2 aliphatic heterocycles. The molecule has 0 saturated carbocycles. The molecular weight excluding hydrogens is 671 g/mol. The minimum Gasteiger partial charge on any atom is -0.392 e. The van der Waals surface area contributed by atoms with Gasteiger partial charge in [-0.25, -0.2) is 16.8 Å². The number of hydrogen-bond donors (Lipinski definition) is 2. The summed E-state index contributed by atoms with van der Waals surface area (Å²) in [5, 5.41) is 10.8. The number of β-amino-alcohol motifs (C(OH)–C–C–N with tert-alkyl or cyclic N) is 1. The summed E-state index contributed by atoms with van der Waals surface area (Å²) in [4.78, 5) is -0.959. The Kier molecular flexibility index (Phi) is 8.12. The van der Waals surface area contributed by atoms with Crippen LogP contribution in [0.2, 0.25) is 0 Å². The van der Waals surface area contributed by atoms with Crippen LogP contribution in [0.25, 0.3) is 0 Å². The molecule has 0 unspecified atom stereocenters. The summed E-state index contributed by atoms with van der Waals surface area (Å²) in [5.74, 6) is 0. The van der Waals surface area contributed by atoms with E-state index in [0.29, 0.717) is 11.1 Å². The van der Waals surface area contributed by atoms with Gasteiger partial charge in [0.05, 0.1) is 29.6 Å². The van der Waals surface area contributed by atoms with Crippen LogP contribution < -0.4 is 5.32 Å². The highest BCUT2D eigenvalue weighted by Crippen LogP contribution is 2.25. The molecule has 2 atom stereocenters. The van der Waals surface area contributed by atoms with Gasteiger partial charge >= 0.3 is 0 Å². The number of aryl methyl sites for hydroxylation is 3. The first-order valence-electron chi connectivity index (χ1n) is 19.0. The van der Waals surface area contributed by atoms with E-state index in [9.17, 15) is 30.4 Å². The summed E-state index contributed by atoms with van der Waals surface area (Å²) in [6.07, 6.45) is -13.8. The topological polar surface area (TPSA) is 147 Å². The quantitative estimate of drug-likeness (QED) is 0.283. The molecule has 0 aromatic heterocycles. The van der Waals surface area contributed by atoms with Crippen molar-refractivity contribution in [3.8, 4) is 0 Å². The van der Waals surface area contributed by atoms with E-state index in [4.69, 9.17) is 34.1 Å². The molecule has 3 aromatic carbocycles. The molecule has 0 amide bonds. The normalized spacial score (nSPS) is 33.7. The molecule has 15 heteroatoms. The molecule has 44 heavy (non-hydrogen) atoms. The van der Waals surface area contributed by atoms with Crippen molar-refractivity contribution in [2.24, 2.45) is 0 Å². The largest absolute Gasteiger partial charge is 0.392 e. The number of aliphatic hydroxyl groups is 1. The Morgan fingerprint density at radius 3 is 1.66 bits per heavy atom. The number of rotatable bonds is 6. The van der Waals surface area contributed by atoms with Gasteiger partial charge in [-0.15, -0.1) is 12.4 Å². The Balaban J connectivity index is 0.000000378. The van der Waals surface area contributed by atoms with Crippen molar-refractivity contribution in [1.29, 1.82) is 0 Å². The number of nitrogens with zero attached hydrogens (tertiary/aromatic N) is 1. The third-order valence-corrected chi connectivity index (χ3v) is 9.40. The van der Waals surface area contributed by atoms with Crippen molar-refractivity contribution in [2.45, 2.75) is 60.4 Å². The van der Waals surface area contributed by atoms with E-state index in [0.717, 1.165) is 29.8 Å². The van der Waals surface area contributed by atoms with Crippen LogP contribution in [0.1, 0.15) is 48.6 Å². The van der Waals surface area contributed by atoms with Crippen molar-refractivity contribution in [1.82, 2.24) is 9.62 Å². The highest BCUT2D eigenvalue weighted by atomic mass is 35.7. The van der Waals surface area contributed by atoms with Crippen molar-refractivity contribution >= 4 is 52.3 Å². The summed E-state index contributed by atoms with van der Waals surface area (Å²) in [5.41, 5.74) is 2.33. The van der Waals surface area contributed by atoms with Crippen molar-refractivity contribution in [2.75, 3.05) is 26.0 Å². The van der Waals surface area contributed by atoms with Gasteiger partial charge in [0.1, 0.15) is 0 Å². The van der Waals surface area contributed by atoms with Gasteiger partial charge < -0.3 is 10.4 Å². The molecule has 2 N–H and O–H groups in total. The van der Waals surface area contributed by atoms with E-state index in [1.165, 1.54) is 36.4 Å². The van der Waals surface area contributed by atoms with Gasteiger partial charge in [0.25, 0.3) is 19.2 Å². The van der Waals surface area contributed by atoms with Crippen molar-refractivity contribution in [3.05, 3.63) is 89.5 Å². The fourth-order valence-electron chi connectivity index (χ4n) is 3.00. The number of halogens is 2. The number of nitrogens with one attached hydrogen (secondary N) is 1. The second kappa shape index (κ2) is 16.5. The van der Waals surface area contributed by atoms with E-state index >= 15 is 0 Å². The molecule has 2 saturated heterocycles. The van der Waals surface area contributed by atoms with E-state index in [1.807, 2.05) is 6.92 Å². The Morgan fingerprint density at radius 2 is 1.27 bits per heavy atom. The summed E-state index contributed by atoms with van der Waals surface area (Å²) >= 11 is 0. The molecule has 2 aliphatic rings. The van der Waals surface area contributed by atoms with Gasteiger partial charge in [0.2, 0.25) is 10.0 Å². The number of sulfonamides is 1. The first-order valence-corrected chi connectivity index (χ1v) is 17.1. The van der Waals surface area contributed by atoms with Crippen LogP contribution in [0.4, 0.5) is 0 Å². The summed E-state index contributed by atoms with van der Waals surface area (Å²) in [6.45, 7) is -7.88. The minimum atomic E-state index is -5.09. The van der Waals surface area contributed by atoms with Crippen LogP contribution in [-0.4, -0.2) is 72.8 Å². The fraction of sp³-hybridized carbons (Fsp3) is 0.379. The fourth-order valence-corrected chi connectivity index (χ4v) is 5.69. The molecule has 0 bridgehead atoms. The van der Waals surface area contributed by atoms with E-state index in [1.54, 1.807) is 31.3 Å². The molecule has 3 aromatic rings. The number of hydrogen-bond acceptors (Lipinski definition) is 9. The Morgan fingerprint density at radius 1 is 0.818 bits per heavy atom. The zero-order valence-electron chi connectivity index (χ0n) is 37.2. The van der Waals surface area contributed by atoms with Crippen LogP contribution >= 0.6 is 23.1 Å². The SMILES string of the molecule is Cc1ccc(S(=O)(=O)Cl)cc1.Cl.[2H]C1([2H])N(S(=O)(=O)c2ccc(C)cc2)C([2H])([2H])[C@@]([2H])(OS(=O)(=O)c2ccc(C)cc2)C1([2H])[2H].[2H]C1([2H])NC([2H])([2H])[C@@]([2H])(O)C1([2H])[2H]. The summed E-state index contributed by atoms with van der Waals surface area (Å²) in [7, 11) is -8.56. The molecule has 244 valence electrons. The molecule has 0 radical (unpaired) electrons. The van der Waals surface area contributed by atoms with Gasteiger partial charge in [-0.3, -0.25) is 4.18 Å². The Hall–Kier alpha value is -2.07. The second-order valence-corrected chi connectivity index (χ2v) is 14.6. The predicted octanol–water partition coefficient (Wildman–Crippen LogP) is 4.16. The monoisotopic (exact) mass is 722 g/mol. The zero-order valence-corrected chi connectivity index (χ0v) is 27.2. The van der Waals surface area contributed by atoms with Crippen molar-refractivity contribution < 1.29 is 53.7 Å². The van der Waals surface area contributed by atoms with Crippen molar-refractivity contribution in [3.63, 3.8) is 0 Å². The van der Waals surface area contributed by atoms with Gasteiger partial charge in [0.15, 0.2) is 0 Å². The second-order valence-electron chi connectivity index (χ2n) is 8.71. The zero-order chi connectivity index (χ0) is 44.4. The maximum absolute atomic E-state index is 13.2. The molecular formula is C29H38Cl2N2O8S3. The highest BCUT2D eigenvalue weighted by Gasteiger charge is 2.35. The highest BCUT2D eigenvalue weighted by molar-refractivity contribution is 8.13. The van der Waals surface area contributed by atoms with Gasteiger partial charge in [0, 0.05) is 46.6 Å². The lowest BCUT2D eigenvalue weighted by Gasteiger charge is -2.17. The first-order chi connectivity index (χ1) is 25.3. The maximum Gasteiger partial charge on any atom is 0.297 e. The van der Waals surface area contributed by atoms with Gasteiger partial charge in [-0.05, 0) is 76.4 Å². The average Bonchev–Trinajstić information content (AvgIpc) is 3.17. The van der Waals surface area contributed by atoms with Crippen LogP contribution in [-0.2, 0) is 33.4 Å². The third kappa shape index (κ3) is 11.4. The first kappa shape index (κ1) is 21.7. The maximum atomic E-state index is 13.2. The molecule has 5 rings (SSSR count).